The van der Waals surface area contributed by atoms with Crippen molar-refractivity contribution in [3.05, 3.63) is 64.2 Å². The summed E-state index contributed by atoms with van der Waals surface area (Å²) in [6.45, 7) is 9.97. The van der Waals surface area contributed by atoms with Crippen molar-refractivity contribution in [2.75, 3.05) is 5.32 Å². The van der Waals surface area contributed by atoms with Gasteiger partial charge in [0.2, 0.25) is 0 Å². The normalized spacial score (nSPS) is 10.9. The Labute approximate surface area is 134 Å². The summed E-state index contributed by atoms with van der Waals surface area (Å²) in [6, 6.07) is 8.06. The smallest absolute Gasteiger partial charge is 0.340 e. The summed E-state index contributed by atoms with van der Waals surface area (Å²) in [7, 11) is 0. The van der Waals surface area contributed by atoms with Gasteiger partial charge in [-0.15, -0.1) is 11.7 Å². The highest BCUT2D eigenvalue weighted by atomic mass is 16.2. The molecule has 0 amide bonds. The lowest BCUT2D eigenvalue weighted by atomic mass is 10.1. The molecule has 0 aliphatic carbocycles. The summed E-state index contributed by atoms with van der Waals surface area (Å²) >= 11 is 0. The molecule has 0 aliphatic heterocycles. The van der Waals surface area contributed by atoms with Gasteiger partial charge in [-0.05, 0) is 44.0 Å². The molecule has 0 unspecified atom stereocenters. The zero-order valence-electron chi connectivity index (χ0n) is 13.5. The number of fused-ring (bicyclic) bond motifs is 1. The lowest BCUT2D eigenvalue weighted by Crippen LogP contribution is -2.21. The fourth-order valence-corrected chi connectivity index (χ4v) is 2.68. The van der Waals surface area contributed by atoms with E-state index in [1.165, 1.54) is 20.2 Å². The molecule has 0 spiro atoms. The van der Waals surface area contributed by atoms with E-state index in [0.29, 0.717) is 18.1 Å². The third-order valence-electron chi connectivity index (χ3n) is 3.54. The van der Waals surface area contributed by atoms with Crippen LogP contribution in [0.5, 0.6) is 0 Å². The predicted molar refractivity (Wildman–Crippen MR) is 91.4 cm³/mol. The minimum atomic E-state index is -0.206. The fraction of sp³-hybridized carbons (Fsp3) is 0.235. The molecule has 0 aliphatic rings. The van der Waals surface area contributed by atoms with E-state index >= 15 is 0 Å². The number of rotatable bonds is 4. The van der Waals surface area contributed by atoms with E-state index in [1.54, 1.807) is 6.08 Å². The highest BCUT2D eigenvalue weighted by Crippen LogP contribution is 2.19. The Morgan fingerprint density at radius 3 is 2.52 bits per heavy atom. The Hall–Kier alpha value is -2.89. The van der Waals surface area contributed by atoms with Gasteiger partial charge in [-0.3, -0.25) is 0 Å². The minimum Gasteiger partial charge on any atom is -0.340 e. The molecule has 0 bridgehead atoms. The Morgan fingerprint density at radius 2 is 1.87 bits per heavy atom. The zero-order chi connectivity index (χ0) is 16.6. The maximum Gasteiger partial charge on any atom is 0.352 e. The van der Waals surface area contributed by atoms with Gasteiger partial charge in [0.15, 0.2) is 0 Å². The highest BCUT2D eigenvalue weighted by Gasteiger charge is 2.11. The molecule has 3 aromatic rings. The van der Waals surface area contributed by atoms with Crippen LogP contribution in [0.4, 0.5) is 11.5 Å². The number of hydrogen-bond acceptors (Lipinski definition) is 4. The monoisotopic (exact) mass is 309 g/mol. The van der Waals surface area contributed by atoms with Crippen molar-refractivity contribution in [2.24, 2.45) is 0 Å². The molecular formula is C17H19N5O. The first-order valence-corrected chi connectivity index (χ1v) is 7.41. The molecule has 2 aromatic heterocycles. The molecule has 0 fully saturated rings. The topological polar surface area (TPSA) is 64.2 Å². The van der Waals surface area contributed by atoms with Gasteiger partial charge in [-0.1, -0.05) is 12.1 Å². The molecule has 3 rings (SSSR count). The average Bonchev–Trinajstić information content (AvgIpc) is 2.75. The molecule has 6 nitrogen and oxygen atoms in total. The van der Waals surface area contributed by atoms with Gasteiger partial charge in [-0.25, -0.2) is 13.9 Å². The Bertz CT molecular complexity index is 931. The van der Waals surface area contributed by atoms with E-state index in [0.717, 1.165) is 11.4 Å². The molecule has 1 N–H and O–H groups in total. The molecule has 0 atom stereocenters. The highest BCUT2D eigenvalue weighted by molar-refractivity contribution is 5.60. The summed E-state index contributed by atoms with van der Waals surface area (Å²) < 4.78 is 2.85. The second-order valence-corrected chi connectivity index (χ2v) is 5.67. The SMILES string of the molecule is C=CCn1nc2nc(Nc3cc(C)cc(C)c3)cc(C)n2c1=O. The molecule has 6 heteroatoms. The van der Waals surface area contributed by atoms with Crippen molar-refractivity contribution in [1.82, 2.24) is 19.2 Å². The van der Waals surface area contributed by atoms with Crippen molar-refractivity contribution in [1.29, 1.82) is 0 Å². The van der Waals surface area contributed by atoms with E-state index in [4.69, 9.17) is 0 Å². The standard InChI is InChI=1S/C17H19N5O/c1-5-6-21-17(23)22-13(4)10-15(19-16(22)20-21)18-14-8-11(2)7-12(3)9-14/h5,7-10H,1,6H2,2-4H3,(H,18,19,20). The van der Waals surface area contributed by atoms with Crippen LogP contribution in [0.15, 0.2) is 41.7 Å². The van der Waals surface area contributed by atoms with Gasteiger partial charge < -0.3 is 5.32 Å². The molecule has 0 radical (unpaired) electrons. The quantitative estimate of drug-likeness (QED) is 0.753. The molecule has 118 valence electrons. The van der Waals surface area contributed by atoms with E-state index in [-0.39, 0.29) is 5.69 Å². The van der Waals surface area contributed by atoms with E-state index < -0.39 is 0 Å². The second kappa shape index (κ2) is 5.72. The fourth-order valence-electron chi connectivity index (χ4n) is 2.68. The van der Waals surface area contributed by atoms with Crippen LogP contribution in [0.3, 0.4) is 0 Å². The van der Waals surface area contributed by atoms with Gasteiger partial charge in [0.05, 0.1) is 6.54 Å². The second-order valence-electron chi connectivity index (χ2n) is 5.67. The van der Waals surface area contributed by atoms with Crippen LogP contribution in [-0.2, 0) is 6.54 Å². The van der Waals surface area contributed by atoms with Crippen molar-refractivity contribution >= 4 is 17.3 Å². The van der Waals surface area contributed by atoms with Crippen LogP contribution in [-0.4, -0.2) is 19.2 Å². The predicted octanol–water partition coefficient (Wildman–Crippen LogP) is 2.75. The number of anilines is 2. The third-order valence-corrected chi connectivity index (χ3v) is 3.54. The van der Waals surface area contributed by atoms with Gasteiger partial charge in [0.25, 0.3) is 5.78 Å². The average molecular weight is 309 g/mol. The van der Waals surface area contributed by atoms with Crippen LogP contribution >= 0.6 is 0 Å². The summed E-state index contributed by atoms with van der Waals surface area (Å²) in [5.74, 6) is 1.04. The maximum absolute atomic E-state index is 12.3. The Balaban J connectivity index is 2.05. The van der Waals surface area contributed by atoms with Gasteiger partial charge in [-0.2, -0.15) is 4.98 Å². The van der Waals surface area contributed by atoms with Crippen molar-refractivity contribution in [2.45, 2.75) is 27.3 Å². The molecule has 0 saturated heterocycles. The van der Waals surface area contributed by atoms with Gasteiger partial charge in [0.1, 0.15) is 5.82 Å². The molecule has 1 aromatic carbocycles. The van der Waals surface area contributed by atoms with Crippen LogP contribution in [0, 0.1) is 20.8 Å². The summed E-state index contributed by atoms with van der Waals surface area (Å²) in [5.41, 5.74) is 3.89. The Kier molecular flexibility index (Phi) is 3.73. The number of allylic oxidation sites excluding steroid dienone is 1. The number of benzene rings is 1. The number of hydrogen-bond donors (Lipinski definition) is 1. The lowest BCUT2D eigenvalue weighted by molar-refractivity contribution is 0.671. The number of aryl methyl sites for hydroxylation is 3. The van der Waals surface area contributed by atoms with E-state index in [9.17, 15) is 4.79 Å². The van der Waals surface area contributed by atoms with Crippen molar-refractivity contribution in [3.63, 3.8) is 0 Å². The lowest BCUT2D eigenvalue weighted by Gasteiger charge is -2.09. The zero-order valence-corrected chi connectivity index (χ0v) is 13.5. The van der Waals surface area contributed by atoms with Crippen molar-refractivity contribution < 1.29 is 0 Å². The Morgan fingerprint density at radius 1 is 1.17 bits per heavy atom. The van der Waals surface area contributed by atoms with E-state index in [2.05, 4.69) is 54.0 Å². The van der Waals surface area contributed by atoms with Gasteiger partial charge in [0, 0.05) is 17.4 Å². The summed E-state index contributed by atoms with van der Waals surface area (Å²) in [4.78, 5) is 16.7. The largest absolute Gasteiger partial charge is 0.352 e. The van der Waals surface area contributed by atoms with Crippen LogP contribution in [0.25, 0.3) is 5.78 Å². The first-order chi connectivity index (χ1) is 11.0. The molecule has 0 saturated carbocycles. The minimum absolute atomic E-state index is 0.206. The first-order valence-electron chi connectivity index (χ1n) is 7.41. The molecule has 23 heavy (non-hydrogen) atoms. The van der Waals surface area contributed by atoms with E-state index in [1.807, 2.05) is 13.0 Å². The van der Waals surface area contributed by atoms with Crippen LogP contribution in [0.2, 0.25) is 0 Å². The number of nitrogens with one attached hydrogen (secondary N) is 1. The summed E-state index contributed by atoms with van der Waals surface area (Å²) in [5, 5.41) is 7.53. The third kappa shape index (κ3) is 2.88. The van der Waals surface area contributed by atoms with Crippen LogP contribution in [0.1, 0.15) is 16.8 Å². The van der Waals surface area contributed by atoms with Gasteiger partial charge >= 0.3 is 5.69 Å². The maximum atomic E-state index is 12.3. The number of aromatic nitrogens is 4. The summed E-state index contributed by atoms with van der Waals surface area (Å²) in [6.07, 6.45) is 1.64. The molecule has 2 heterocycles. The number of nitrogens with zero attached hydrogens (tertiary/aromatic N) is 4. The molecular weight excluding hydrogens is 290 g/mol. The first kappa shape index (κ1) is 15.0. The van der Waals surface area contributed by atoms with Crippen molar-refractivity contribution in [3.8, 4) is 0 Å². The van der Waals surface area contributed by atoms with Crippen LogP contribution < -0.4 is 11.0 Å².